The van der Waals surface area contributed by atoms with Crippen LogP contribution in [0.5, 0.6) is 0 Å². The molecule has 2 aromatic carbocycles. The minimum atomic E-state index is -4.58. The molecule has 0 bridgehead atoms. The van der Waals surface area contributed by atoms with E-state index in [1.54, 1.807) is 30.3 Å². The Labute approximate surface area is 213 Å². The zero-order valence-corrected chi connectivity index (χ0v) is 20.0. The van der Waals surface area contributed by atoms with Crippen molar-refractivity contribution >= 4 is 41.0 Å². The van der Waals surface area contributed by atoms with E-state index in [4.69, 9.17) is 21.4 Å². The molecule has 13 heteroatoms. The Morgan fingerprint density at radius 3 is 2.43 bits per heavy atom. The monoisotopic (exact) mass is 536 g/mol. The van der Waals surface area contributed by atoms with Gasteiger partial charge in [-0.1, -0.05) is 23.7 Å². The van der Waals surface area contributed by atoms with Crippen molar-refractivity contribution in [2.24, 2.45) is 0 Å². The maximum Gasteiger partial charge on any atom is 0.416 e. The molecule has 0 aliphatic rings. The molecule has 3 rings (SSSR count). The number of rotatable bonds is 9. The van der Waals surface area contributed by atoms with Crippen LogP contribution >= 0.6 is 11.6 Å². The fourth-order valence-corrected chi connectivity index (χ4v) is 3.27. The van der Waals surface area contributed by atoms with Crippen molar-refractivity contribution in [2.75, 3.05) is 18.1 Å². The number of amides is 2. The number of hydrogen-bond donors (Lipinski definition) is 2. The number of carboxylic acid groups (broad SMARTS) is 1. The summed E-state index contributed by atoms with van der Waals surface area (Å²) in [7, 11) is 0. The molecule has 1 unspecified atom stereocenters. The number of hydrogen-bond acceptors (Lipinski definition) is 6. The first-order valence-corrected chi connectivity index (χ1v) is 11.0. The molecular formula is C24H20ClF3N4O5. The molecule has 0 fully saturated rings. The van der Waals surface area contributed by atoms with Gasteiger partial charge in [0, 0.05) is 16.8 Å². The van der Waals surface area contributed by atoms with E-state index in [2.05, 4.69) is 15.3 Å². The van der Waals surface area contributed by atoms with Crippen molar-refractivity contribution in [3.05, 3.63) is 71.4 Å². The standard InChI is InChI=1S/C24H20ClF3N4O5/c1-14(22(35)36)30-20(33)12-37-13-21(34)32(18-7-5-16(6-8-18)24(26,27)28)23-29-10-9-19(31-23)15-3-2-4-17(25)11-15/h2-11,14H,12-13H2,1H3,(H,30,33)(H,35,36). The molecule has 9 nitrogen and oxygen atoms in total. The number of halogens is 4. The lowest BCUT2D eigenvalue weighted by Crippen LogP contribution is -2.41. The number of carboxylic acids is 1. The number of aliphatic carboxylic acids is 1. The van der Waals surface area contributed by atoms with Crippen LogP contribution in [-0.2, 0) is 25.3 Å². The van der Waals surface area contributed by atoms with Gasteiger partial charge in [-0.25, -0.2) is 14.9 Å². The third-order valence-electron chi connectivity index (χ3n) is 4.87. The van der Waals surface area contributed by atoms with Crippen LogP contribution in [0.2, 0.25) is 5.02 Å². The second-order valence-corrected chi connectivity index (χ2v) is 8.08. The SMILES string of the molecule is CC(NC(=O)COCC(=O)N(c1ccc(C(F)(F)F)cc1)c1nccc(-c2cccc(Cl)c2)n1)C(=O)O. The highest BCUT2D eigenvalue weighted by Crippen LogP contribution is 2.32. The van der Waals surface area contributed by atoms with Crippen LogP contribution in [0.3, 0.4) is 0 Å². The summed E-state index contributed by atoms with van der Waals surface area (Å²) in [4.78, 5) is 45.2. The summed E-state index contributed by atoms with van der Waals surface area (Å²) in [5.74, 6) is -2.98. The minimum Gasteiger partial charge on any atom is -0.480 e. The number of carbonyl (C=O) groups excluding carboxylic acids is 2. The fourth-order valence-electron chi connectivity index (χ4n) is 3.08. The Bertz CT molecular complexity index is 1290. The van der Waals surface area contributed by atoms with Crippen molar-refractivity contribution in [1.29, 1.82) is 0 Å². The van der Waals surface area contributed by atoms with Crippen LogP contribution in [0, 0.1) is 0 Å². The normalized spacial score (nSPS) is 12.0. The number of ether oxygens (including phenoxy) is 1. The molecule has 1 aromatic heterocycles. The Morgan fingerprint density at radius 1 is 1.11 bits per heavy atom. The second-order valence-electron chi connectivity index (χ2n) is 7.65. The van der Waals surface area contributed by atoms with Crippen molar-refractivity contribution in [3.8, 4) is 11.3 Å². The van der Waals surface area contributed by atoms with E-state index in [0.717, 1.165) is 29.2 Å². The first kappa shape index (κ1) is 27.6. The quantitative estimate of drug-likeness (QED) is 0.422. The van der Waals surface area contributed by atoms with Gasteiger partial charge in [-0.3, -0.25) is 14.4 Å². The number of nitrogens with one attached hydrogen (secondary N) is 1. The maximum atomic E-state index is 13.1. The van der Waals surface area contributed by atoms with Crippen LogP contribution < -0.4 is 10.2 Å². The van der Waals surface area contributed by atoms with Crippen molar-refractivity contribution < 1.29 is 37.4 Å². The Morgan fingerprint density at radius 2 is 1.81 bits per heavy atom. The third kappa shape index (κ3) is 7.48. The summed E-state index contributed by atoms with van der Waals surface area (Å²) in [6.07, 6.45) is -3.22. The van der Waals surface area contributed by atoms with Gasteiger partial charge in [0.05, 0.1) is 16.9 Å². The molecule has 3 aromatic rings. The number of nitrogens with zero attached hydrogens (tertiary/aromatic N) is 3. The molecule has 2 amide bonds. The summed E-state index contributed by atoms with van der Waals surface area (Å²) in [5.41, 5.74) is 0.100. The lowest BCUT2D eigenvalue weighted by Gasteiger charge is -2.22. The molecule has 2 N–H and O–H groups in total. The second kappa shape index (κ2) is 11.8. The first-order chi connectivity index (χ1) is 17.5. The van der Waals surface area contributed by atoms with Gasteiger partial charge >= 0.3 is 12.1 Å². The van der Waals surface area contributed by atoms with Crippen molar-refractivity contribution in [1.82, 2.24) is 15.3 Å². The zero-order valence-electron chi connectivity index (χ0n) is 19.2. The largest absolute Gasteiger partial charge is 0.480 e. The summed E-state index contributed by atoms with van der Waals surface area (Å²) >= 11 is 6.04. The molecule has 194 valence electrons. The minimum absolute atomic E-state index is 0.0220. The fraction of sp³-hybridized carbons (Fsp3) is 0.208. The average Bonchev–Trinajstić information content (AvgIpc) is 2.84. The molecule has 0 saturated carbocycles. The highest BCUT2D eigenvalue weighted by molar-refractivity contribution is 6.30. The first-order valence-electron chi connectivity index (χ1n) is 10.6. The average molecular weight is 537 g/mol. The van der Waals surface area contributed by atoms with E-state index in [1.165, 1.54) is 13.1 Å². The van der Waals surface area contributed by atoms with Crippen LogP contribution in [0.1, 0.15) is 12.5 Å². The molecule has 37 heavy (non-hydrogen) atoms. The van der Waals surface area contributed by atoms with Gasteiger partial charge in [0.25, 0.3) is 5.91 Å². The van der Waals surface area contributed by atoms with Gasteiger partial charge in [0.15, 0.2) is 0 Å². The summed E-state index contributed by atoms with van der Waals surface area (Å²) in [6, 6.07) is 10.9. The Balaban J connectivity index is 1.87. The number of aromatic nitrogens is 2. The van der Waals surface area contributed by atoms with Gasteiger partial charge in [0.1, 0.15) is 19.3 Å². The van der Waals surface area contributed by atoms with Gasteiger partial charge in [-0.15, -0.1) is 0 Å². The highest BCUT2D eigenvalue weighted by atomic mass is 35.5. The molecule has 0 saturated heterocycles. The predicted molar refractivity (Wildman–Crippen MR) is 127 cm³/mol. The van der Waals surface area contributed by atoms with E-state index >= 15 is 0 Å². The number of benzene rings is 2. The van der Waals surface area contributed by atoms with Crippen LogP contribution in [0.4, 0.5) is 24.8 Å². The van der Waals surface area contributed by atoms with Crippen molar-refractivity contribution in [3.63, 3.8) is 0 Å². The van der Waals surface area contributed by atoms with E-state index in [9.17, 15) is 27.6 Å². The summed E-state index contributed by atoms with van der Waals surface area (Å²) in [6.45, 7) is -0.0593. The lowest BCUT2D eigenvalue weighted by molar-refractivity contribution is -0.142. The number of alkyl halides is 3. The topological polar surface area (TPSA) is 122 Å². The van der Waals surface area contributed by atoms with Gasteiger partial charge in [-0.05, 0) is 49.4 Å². The molecule has 0 aliphatic carbocycles. The van der Waals surface area contributed by atoms with E-state index in [1.807, 2.05) is 0 Å². The van der Waals surface area contributed by atoms with Crippen LogP contribution in [0.25, 0.3) is 11.3 Å². The zero-order chi connectivity index (χ0) is 27.2. The predicted octanol–water partition coefficient (Wildman–Crippen LogP) is 4.09. The van der Waals surface area contributed by atoms with Gasteiger partial charge in [0.2, 0.25) is 11.9 Å². The molecule has 1 atom stereocenters. The van der Waals surface area contributed by atoms with E-state index in [0.29, 0.717) is 16.3 Å². The van der Waals surface area contributed by atoms with Gasteiger partial charge < -0.3 is 15.2 Å². The number of anilines is 2. The molecule has 0 aliphatic heterocycles. The Kier molecular flexibility index (Phi) is 8.79. The molecule has 0 spiro atoms. The summed E-state index contributed by atoms with van der Waals surface area (Å²) in [5, 5.41) is 11.5. The van der Waals surface area contributed by atoms with E-state index in [-0.39, 0.29) is 11.6 Å². The third-order valence-corrected chi connectivity index (χ3v) is 5.11. The smallest absolute Gasteiger partial charge is 0.416 e. The number of carbonyl (C=O) groups is 3. The lowest BCUT2D eigenvalue weighted by atomic mass is 10.1. The van der Waals surface area contributed by atoms with Crippen LogP contribution in [-0.4, -0.2) is 52.1 Å². The van der Waals surface area contributed by atoms with Crippen LogP contribution in [0.15, 0.2) is 60.8 Å². The molecule has 0 radical (unpaired) electrons. The van der Waals surface area contributed by atoms with Gasteiger partial charge in [-0.2, -0.15) is 13.2 Å². The van der Waals surface area contributed by atoms with Crippen molar-refractivity contribution in [2.45, 2.75) is 19.1 Å². The Hall–Kier alpha value is -4.03. The summed E-state index contributed by atoms with van der Waals surface area (Å²) < 4.78 is 44.3. The molecular weight excluding hydrogens is 517 g/mol. The highest BCUT2D eigenvalue weighted by Gasteiger charge is 2.31. The molecule has 1 heterocycles. The maximum absolute atomic E-state index is 13.1. The van der Waals surface area contributed by atoms with E-state index < -0.39 is 48.8 Å².